The van der Waals surface area contributed by atoms with Crippen molar-refractivity contribution in [3.63, 3.8) is 0 Å². The van der Waals surface area contributed by atoms with Gasteiger partial charge in [-0.3, -0.25) is 4.79 Å². The number of amides is 1. The highest BCUT2D eigenvalue weighted by atomic mass is 35.5. The Kier molecular flexibility index (Phi) is 6.50. The summed E-state index contributed by atoms with van der Waals surface area (Å²) < 4.78 is 16.2. The van der Waals surface area contributed by atoms with E-state index in [2.05, 4.69) is 20.3 Å². The van der Waals surface area contributed by atoms with Gasteiger partial charge in [0.25, 0.3) is 5.91 Å². The second kappa shape index (κ2) is 9.47. The smallest absolute Gasteiger partial charge is 0.266 e. The molecule has 0 aliphatic heterocycles. The van der Waals surface area contributed by atoms with Gasteiger partial charge >= 0.3 is 0 Å². The number of hydrogen-bond acceptors (Lipinski definition) is 8. The molecule has 32 heavy (non-hydrogen) atoms. The maximum absolute atomic E-state index is 12.9. The van der Waals surface area contributed by atoms with E-state index in [1.54, 1.807) is 43.5 Å². The van der Waals surface area contributed by atoms with E-state index >= 15 is 0 Å². The third kappa shape index (κ3) is 4.64. The first-order valence-corrected chi connectivity index (χ1v) is 10.7. The first-order chi connectivity index (χ1) is 15.5. The van der Waals surface area contributed by atoms with Crippen molar-refractivity contribution in [1.29, 1.82) is 0 Å². The molecular weight excluding hydrogens is 452 g/mol. The number of carbonyl (C=O) groups excluding carboxylic acids is 1. The third-order valence-corrected chi connectivity index (χ3v) is 5.94. The molecule has 0 unspecified atom stereocenters. The molecule has 164 valence electrons. The molecule has 0 aliphatic rings. The topological polar surface area (TPSA) is 95.5 Å². The van der Waals surface area contributed by atoms with E-state index in [0.717, 1.165) is 5.56 Å². The minimum atomic E-state index is -0.269. The fourth-order valence-corrected chi connectivity index (χ4v) is 4.24. The molecule has 3 aromatic heterocycles. The minimum absolute atomic E-state index is 0.251. The summed E-state index contributed by atoms with van der Waals surface area (Å²) in [6.45, 7) is 2.10. The first-order valence-electron chi connectivity index (χ1n) is 9.52. The highest BCUT2D eigenvalue weighted by Gasteiger charge is 2.21. The van der Waals surface area contributed by atoms with E-state index in [-0.39, 0.29) is 12.5 Å². The first kappa shape index (κ1) is 21.9. The van der Waals surface area contributed by atoms with Gasteiger partial charge in [-0.2, -0.15) is 4.98 Å². The molecule has 1 N–H and O–H groups in total. The number of thiophene rings is 1. The maximum atomic E-state index is 12.9. The van der Waals surface area contributed by atoms with Crippen LogP contribution in [0.5, 0.6) is 17.5 Å². The third-order valence-electron chi connectivity index (χ3n) is 4.51. The lowest BCUT2D eigenvalue weighted by Gasteiger charge is -2.07. The average Bonchev–Trinajstić information content (AvgIpc) is 3.13. The molecule has 1 amide bonds. The zero-order chi connectivity index (χ0) is 22.7. The van der Waals surface area contributed by atoms with Gasteiger partial charge in [-0.1, -0.05) is 11.6 Å². The number of nitrogens with zero attached hydrogens (tertiary/aromatic N) is 3. The molecule has 4 rings (SSSR count). The van der Waals surface area contributed by atoms with Gasteiger partial charge in [0.15, 0.2) is 5.82 Å². The Bertz CT molecular complexity index is 1260. The van der Waals surface area contributed by atoms with E-state index in [1.807, 2.05) is 6.92 Å². The molecule has 8 nitrogen and oxygen atoms in total. The minimum Gasteiger partial charge on any atom is -0.480 e. The van der Waals surface area contributed by atoms with Crippen LogP contribution in [0.25, 0.3) is 10.2 Å². The zero-order valence-corrected chi connectivity index (χ0v) is 19.1. The summed E-state index contributed by atoms with van der Waals surface area (Å²) in [7, 11) is 3.10. The molecule has 0 saturated heterocycles. The van der Waals surface area contributed by atoms with E-state index in [0.29, 0.717) is 49.1 Å². The Morgan fingerprint density at radius 3 is 2.56 bits per heavy atom. The van der Waals surface area contributed by atoms with Crippen LogP contribution in [0, 0.1) is 6.92 Å². The van der Waals surface area contributed by atoms with E-state index in [1.165, 1.54) is 24.6 Å². The molecule has 0 aliphatic carbocycles. The van der Waals surface area contributed by atoms with Crippen LogP contribution < -0.4 is 14.8 Å². The van der Waals surface area contributed by atoms with E-state index in [9.17, 15) is 4.79 Å². The lowest BCUT2D eigenvalue weighted by atomic mass is 10.2. The fourth-order valence-electron chi connectivity index (χ4n) is 3.03. The Morgan fingerprint density at radius 2 is 1.91 bits per heavy atom. The van der Waals surface area contributed by atoms with Crippen LogP contribution in [0.1, 0.15) is 21.1 Å². The van der Waals surface area contributed by atoms with Gasteiger partial charge in [0.05, 0.1) is 29.3 Å². The van der Waals surface area contributed by atoms with Gasteiger partial charge in [0.1, 0.15) is 17.2 Å². The van der Waals surface area contributed by atoms with Gasteiger partial charge in [-0.15, -0.1) is 11.3 Å². The highest BCUT2D eigenvalue weighted by Crippen LogP contribution is 2.35. The van der Waals surface area contributed by atoms with Crippen molar-refractivity contribution in [2.24, 2.45) is 0 Å². The van der Waals surface area contributed by atoms with Gasteiger partial charge in [-0.25, -0.2) is 9.97 Å². The molecule has 0 atom stereocenters. The number of methoxy groups -OCH3 is 2. The van der Waals surface area contributed by atoms with E-state index in [4.69, 9.17) is 25.8 Å². The lowest BCUT2D eigenvalue weighted by molar-refractivity contribution is 0.103. The van der Waals surface area contributed by atoms with Crippen LogP contribution in [-0.4, -0.2) is 35.1 Å². The van der Waals surface area contributed by atoms with E-state index < -0.39 is 0 Å². The summed E-state index contributed by atoms with van der Waals surface area (Å²) in [6, 6.07) is 10.4. The molecule has 0 fully saturated rings. The van der Waals surface area contributed by atoms with Crippen LogP contribution in [0.3, 0.4) is 0 Å². The zero-order valence-electron chi connectivity index (χ0n) is 17.5. The molecule has 10 heteroatoms. The standard InChI is InChI=1S/C22H19ClN4O4S/c1-12-18-21(30-3)26-16(11-29-2)27-22(18)32-19(12)20(28)25-14-6-9-17(24-10-14)31-15-7-4-13(23)5-8-15/h4-10H,11H2,1-3H3,(H,25,28). The van der Waals surface area contributed by atoms with Crippen molar-refractivity contribution in [2.45, 2.75) is 13.5 Å². The number of fused-ring (bicyclic) bond motifs is 1. The summed E-state index contributed by atoms with van der Waals surface area (Å²) in [5, 5.41) is 4.20. The maximum Gasteiger partial charge on any atom is 0.266 e. The molecule has 0 radical (unpaired) electrons. The second-order valence-electron chi connectivity index (χ2n) is 6.71. The van der Waals surface area contributed by atoms with Crippen molar-refractivity contribution in [3.8, 4) is 17.5 Å². The Morgan fingerprint density at radius 1 is 1.12 bits per heavy atom. The number of ether oxygens (including phenoxy) is 3. The lowest BCUT2D eigenvalue weighted by Crippen LogP contribution is -2.11. The number of halogens is 1. The molecule has 0 spiro atoms. The molecular formula is C22H19ClN4O4S. The number of rotatable bonds is 7. The van der Waals surface area contributed by atoms with Crippen LogP contribution >= 0.6 is 22.9 Å². The number of pyridine rings is 1. The molecule has 0 saturated carbocycles. The Balaban J connectivity index is 1.53. The number of carbonyl (C=O) groups is 1. The number of aryl methyl sites for hydroxylation is 1. The normalized spacial score (nSPS) is 10.9. The quantitative estimate of drug-likeness (QED) is 0.394. The van der Waals surface area contributed by atoms with Crippen LogP contribution in [0.2, 0.25) is 5.02 Å². The Labute approximate surface area is 193 Å². The number of benzene rings is 1. The van der Waals surface area contributed by atoms with Crippen LogP contribution in [-0.2, 0) is 11.3 Å². The molecule has 0 bridgehead atoms. The van der Waals surface area contributed by atoms with Crippen molar-refractivity contribution >= 4 is 44.7 Å². The molecule has 1 aromatic carbocycles. The highest BCUT2D eigenvalue weighted by molar-refractivity contribution is 7.20. The average molecular weight is 471 g/mol. The fraction of sp³-hybridized carbons (Fsp3) is 0.182. The van der Waals surface area contributed by atoms with Crippen molar-refractivity contribution in [1.82, 2.24) is 15.0 Å². The van der Waals surface area contributed by atoms with Gasteiger partial charge in [0.2, 0.25) is 11.8 Å². The molecule has 4 aromatic rings. The van der Waals surface area contributed by atoms with Crippen molar-refractivity contribution in [3.05, 3.63) is 63.9 Å². The Hall–Kier alpha value is -3.27. The summed E-state index contributed by atoms with van der Waals surface area (Å²) in [6.07, 6.45) is 1.53. The van der Waals surface area contributed by atoms with Gasteiger partial charge in [-0.05, 0) is 42.8 Å². The summed E-state index contributed by atoms with van der Waals surface area (Å²) in [4.78, 5) is 27.2. The summed E-state index contributed by atoms with van der Waals surface area (Å²) in [5.74, 6) is 1.65. The van der Waals surface area contributed by atoms with Crippen molar-refractivity contribution < 1.29 is 19.0 Å². The number of hydrogen-bond donors (Lipinski definition) is 1. The SMILES string of the molecule is COCc1nc(OC)c2c(C)c(C(=O)Nc3ccc(Oc4ccc(Cl)cc4)nc3)sc2n1. The largest absolute Gasteiger partial charge is 0.480 e. The summed E-state index contributed by atoms with van der Waals surface area (Å²) >= 11 is 7.15. The number of anilines is 1. The van der Waals surface area contributed by atoms with Crippen LogP contribution in [0.4, 0.5) is 5.69 Å². The second-order valence-corrected chi connectivity index (χ2v) is 8.15. The van der Waals surface area contributed by atoms with Gasteiger partial charge in [0, 0.05) is 18.2 Å². The summed E-state index contributed by atoms with van der Waals surface area (Å²) in [5.41, 5.74) is 1.28. The predicted octanol–water partition coefficient (Wildman–Crippen LogP) is 5.25. The predicted molar refractivity (Wildman–Crippen MR) is 123 cm³/mol. The van der Waals surface area contributed by atoms with Crippen LogP contribution in [0.15, 0.2) is 42.6 Å². The van der Waals surface area contributed by atoms with Crippen molar-refractivity contribution in [2.75, 3.05) is 19.5 Å². The number of aromatic nitrogens is 3. The molecule has 3 heterocycles. The number of nitrogens with one attached hydrogen (secondary N) is 1. The monoisotopic (exact) mass is 470 g/mol. The van der Waals surface area contributed by atoms with Gasteiger partial charge < -0.3 is 19.5 Å².